The van der Waals surface area contributed by atoms with Gasteiger partial charge in [0.2, 0.25) is 21.8 Å². The number of anilines is 2. The predicted molar refractivity (Wildman–Crippen MR) is 122 cm³/mol. The molecule has 0 spiro atoms. The van der Waals surface area contributed by atoms with Gasteiger partial charge in [-0.15, -0.1) is 0 Å². The van der Waals surface area contributed by atoms with E-state index in [-0.39, 0.29) is 29.7 Å². The highest BCUT2D eigenvalue weighted by molar-refractivity contribution is 7.89. The van der Waals surface area contributed by atoms with Crippen molar-refractivity contribution in [1.82, 2.24) is 4.72 Å². The molecule has 2 N–H and O–H groups in total. The smallest absolute Gasteiger partial charge is 0.241 e. The van der Waals surface area contributed by atoms with E-state index in [1.807, 2.05) is 19.1 Å². The molecular weight excluding hydrogens is 438 g/mol. The molecule has 3 rings (SSSR count). The molecule has 1 atom stereocenters. The maximum atomic E-state index is 12.7. The molecular formula is C22H26ClN3O4S. The van der Waals surface area contributed by atoms with Crippen molar-refractivity contribution in [2.75, 3.05) is 16.8 Å². The van der Waals surface area contributed by atoms with E-state index >= 15 is 0 Å². The Kier molecular flexibility index (Phi) is 6.45. The lowest BCUT2D eigenvalue weighted by Gasteiger charge is -2.20. The van der Waals surface area contributed by atoms with Crippen LogP contribution < -0.4 is 14.9 Å². The maximum absolute atomic E-state index is 12.7. The van der Waals surface area contributed by atoms with Crippen molar-refractivity contribution in [3.63, 3.8) is 0 Å². The lowest BCUT2D eigenvalue weighted by atomic mass is 10.1. The second-order valence-electron chi connectivity index (χ2n) is 8.71. The number of sulfonamides is 1. The van der Waals surface area contributed by atoms with E-state index < -0.39 is 21.5 Å². The number of benzene rings is 2. The second-order valence-corrected chi connectivity index (χ2v) is 10.8. The topological polar surface area (TPSA) is 95.6 Å². The van der Waals surface area contributed by atoms with Gasteiger partial charge < -0.3 is 10.2 Å². The highest BCUT2D eigenvalue weighted by Gasteiger charge is 2.35. The second kappa shape index (κ2) is 8.61. The molecule has 1 saturated heterocycles. The van der Waals surface area contributed by atoms with Crippen molar-refractivity contribution in [1.29, 1.82) is 0 Å². The zero-order chi connectivity index (χ0) is 23.0. The molecule has 1 aliphatic rings. The molecule has 7 nitrogen and oxygen atoms in total. The summed E-state index contributed by atoms with van der Waals surface area (Å²) in [5.41, 5.74) is 1.43. The molecule has 0 aliphatic carbocycles. The standard InChI is InChI=1S/C22H26ClN3O4S/c1-14-5-8-17(12-19(14)23)26-13-15(11-20(26)27)21(28)24-16-6-9-18(10-7-16)31(29,30)25-22(2,3)4/h5-10,12,15,25H,11,13H2,1-4H3,(H,24,28)/t15-/m0/s1. The van der Waals surface area contributed by atoms with Gasteiger partial charge in [-0.1, -0.05) is 17.7 Å². The van der Waals surface area contributed by atoms with E-state index in [0.29, 0.717) is 16.4 Å². The van der Waals surface area contributed by atoms with E-state index in [0.717, 1.165) is 5.56 Å². The number of hydrogen-bond acceptors (Lipinski definition) is 4. The molecule has 1 heterocycles. The molecule has 31 heavy (non-hydrogen) atoms. The third kappa shape index (κ3) is 5.64. The van der Waals surface area contributed by atoms with Gasteiger partial charge in [0.1, 0.15) is 0 Å². The Bertz CT molecular complexity index is 1110. The van der Waals surface area contributed by atoms with Crippen molar-refractivity contribution < 1.29 is 18.0 Å². The van der Waals surface area contributed by atoms with Crippen LogP contribution in [0.5, 0.6) is 0 Å². The number of amides is 2. The van der Waals surface area contributed by atoms with Crippen LogP contribution in [-0.2, 0) is 19.6 Å². The number of aryl methyl sites for hydroxylation is 1. The molecule has 0 saturated carbocycles. The molecule has 0 unspecified atom stereocenters. The summed E-state index contributed by atoms with van der Waals surface area (Å²) in [5.74, 6) is -0.953. The monoisotopic (exact) mass is 463 g/mol. The first kappa shape index (κ1) is 23.2. The van der Waals surface area contributed by atoms with Gasteiger partial charge in [0.25, 0.3) is 0 Å². The summed E-state index contributed by atoms with van der Waals surface area (Å²) in [5, 5.41) is 3.33. The molecule has 0 aromatic heterocycles. The number of hydrogen-bond donors (Lipinski definition) is 2. The molecule has 166 valence electrons. The van der Waals surface area contributed by atoms with Gasteiger partial charge >= 0.3 is 0 Å². The van der Waals surface area contributed by atoms with E-state index in [1.165, 1.54) is 24.3 Å². The fourth-order valence-corrected chi connectivity index (χ4v) is 4.90. The Labute approximate surface area is 187 Å². The number of nitrogens with one attached hydrogen (secondary N) is 2. The molecule has 0 bridgehead atoms. The van der Waals surface area contributed by atoms with Gasteiger partial charge in [0.15, 0.2) is 0 Å². The number of nitrogens with zero attached hydrogens (tertiary/aromatic N) is 1. The van der Waals surface area contributed by atoms with Gasteiger partial charge in [-0.05, 0) is 69.7 Å². The number of carbonyl (C=O) groups excluding carboxylic acids is 2. The van der Waals surface area contributed by atoms with Crippen LogP contribution in [0.1, 0.15) is 32.8 Å². The first-order chi connectivity index (χ1) is 14.4. The quantitative estimate of drug-likeness (QED) is 0.706. The molecule has 0 radical (unpaired) electrons. The summed E-state index contributed by atoms with van der Waals surface area (Å²) >= 11 is 6.16. The zero-order valence-electron chi connectivity index (χ0n) is 17.9. The van der Waals surface area contributed by atoms with E-state index in [9.17, 15) is 18.0 Å². The molecule has 1 fully saturated rings. The van der Waals surface area contributed by atoms with Crippen LogP contribution in [0.15, 0.2) is 47.4 Å². The summed E-state index contributed by atoms with van der Waals surface area (Å²) in [4.78, 5) is 26.8. The van der Waals surface area contributed by atoms with E-state index in [2.05, 4.69) is 10.0 Å². The fourth-order valence-electron chi connectivity index (χ4n) is 3.31. The van der Waals surface area contributed by atoms with Gasteiger partial charge in [-0.3, -0.25) is 9.59 Å². The number of halogens is 1. The minimum absolute atomic E-state index is 0.0965. The maximum Gasteiger partial charge on any atom is 0.241 e. The normalized spacial score (nSPS) is 17.1. The molecule has 2 aromatic rings. The minimum Gasteiger partial charge on any atom is -0.326 e. The SMILES string of the molecule is Cc1ccc(N2C[C@@H](C(=O)Nc3ccc(S(=O)(=O)NC(C)(C)C)cc3)CC2=O)cc1Cl. The Morgan fingerprint density at radius 1 is 1.13 bits per heavy atom. The van der Waals surface area contributed by atoms with Crippen molar-refractivity contribution in [3.8, 4) is 0 Å². The van der Waals surface area contributed by atoms with Crippen LogP contribution in [0, 0.1) is 12.8 Å². The molecule has 2 aromatic carbocycles. The van der Waals surface area contributed by atoms with Crippen molar-refractivity contribution in [2.45, 2.75) is 44.6 Å². The van der Waals surface area contributed by atoms with Crippen LogP contribution in [0.3, 0.4) is 0 Å². The average Bonchev–Trinajstić information content (AvgIpc) is 3.04. The first-order valence-corrected chi connectivity index (χ1v) is 11.7. The van der Waals surface area contributed by atoms with Crippen molar-refractivity contribution in [3.05, 3.63) is 53.1 Å². The van der Waals surface area contributed by atoms with Crippen LogP contribution in [0.4, 0.5) is 11.4 Å². The van der Waals surface area contributed by atoms with E-state index in [4.69, 9.17) is 11.6 Å². The third-order valence-electron chi connectivity index (χ3n) is 4.84. The van der Waals surface area contributed by atoms with Gasteiger partial charge in [-0.25, -0.2) is 13.1 Å². The highest BCUT2D eigenvalue weighted by atomic mass is 35.5. The van der Waals surface area contributed by atoms with Gasteiger partial charge in [0, 0.05) is 34.9 Å². The lowest BCUT2D eigenvalue weighted by Crippen LogP contribution is -2.40. The summed E-state index contributed by atoms with van der Waals surface area (Å²) in [6.45, 7) is 7.41. The summed E-state index contributed by atoms with van der Waals surface area (Å²) < 4.78 is 27.4. The molecule has 2 amide bonds. The predicted octanol–water partition coefficient (Wildman–Crippen LogP) is 3.72. The van der Waals surface area contributed by atoms with Crippen LogP contribution in [0.25, 0.3) is 0 Å². The summed E-state index contributed by atoms with van der Waals surface area (Å²) in [7, 11) is -3.66. The average molecular weight is 464 g/mol. The van der Waals surface area contributed by atoms with Crippen molar-refractivity contribution >= 4 is 44.8 Å². The fraction of sp³-hybridized carbons (Fsp3) is 0.364. The highest BCUT2D eigenvalue weighted by Crippen LogP contribution is 2.29. The largest absolute Gasteiger partial charge is 0.326 e. The lowest BCUT2D eigenvalue weighted by molar-refractivity contribution is -0.122. The Morgan fingerprint density at radius 2 is 1.77 bits per heavy atom. The van der Waals surface area contributed by atoms with Crippen LogP contribution in [0.2, 0.25) is 5.02 Å². The summed E-state index contributed by atoms with van der Waals surface area (Å²) in [6.07, 6.45) is 0.0965. The zero-order valence-corrected chi connectivity index (χ0v) is 19.5. The summed E-state index contributed by atoms with van der Waals surface area (Å²) in [6, 6.07) is 11.3. The van der Waals surface area contributed by atoms with E-state index in [1.54, 1.807) is 31.7 Å². The molecule has 9 heteroatoms. The number of rotatable bonds is 5. The van der Waals surface area contributed by atoms with Crippen LogP contribution >= 0.6 is 11.6 Å². The van der Waals surface area contributed by atoms with Crippen LogP contribution in [-0.4, -0.2) is 32.3 Å². The number of carbonyl (C=O) groups is 2. The first-order valence-electron chi connectivity index (χ1n) is 9.87. The Morgan fingerprint density at radius 3 is 2.35 bits per heavy atom. The van der Waals surface area contributed by atoms with Gasteiger partial charge in [-0.2, -0.15) is 0 Å². The molecule has 1 aliphatic heterocycles. The van der Waals surface area contributed by atoms with Crippen molar-refractivity contribution in [2.24, 2.45) is 5.92 Å². The third-order valence-corrected chi connectivity index (χ3v) is 7.02. The Hall–Kier alpha value is -2.42. The van der Waals surface area contributed by atoms with Gasteiger partial charge in [0.05, 0.1) is 10.8 Å². The Balaban J connectivity index is 1.67. The minimum atomic E-state index is -3.66.